The van der Waals surface area contributed by atoms with E-state index in [9.17, 15) is 0 Å². The van der Waals surface area contributed by atoms with Crippen molar-refractivity contribution in [3.63, 3.8) is 0 Å². The number of benzene rings is 1. The molecule has 4 heteroatoms. The number of hydrogen-bond donors (Lipinski definition) is 0. The number of alkyl halides is 1. The zero-order valence-corrected chi connectivity index (χ0v) is 9.23. The van der Waals surface area contributed by atoms with Gasteiger partial charge in [-0.3, -0.25) is 0 Å². The SMILES string of the molecule is Clc1cc(Cl)c(CBr)cc1Cl. The first kappa shape index (κ1) is 9.66. The summed E-state index contributed by atoms with van der Waals surface area (Å²) in [5.41, 5.74) is 0.945. The van der Waals surface area contributed by atoms with Gasteiger partial charge in [0, 0.05) is 10.4 Å². The van der Waals surface area contributed by atoms with Crippen molar-refractivity contribution in [2.75, 3.05) is 0 Å². The number of hydrogen-bond acceptors (Lipinski definition) is 0. The average molecular weight is 274 g/mol. The third-order valence-electron chi connectivity index (χ3n) is 1.23. The second kappa shape index (κ2) is 3.99. The summed E-state index contributed by atoms with van der Waals surface area (Å²) in [5.74, 6) is 0. The van der Waals surface area contributed by atoms with E-state index in [1.165, 1.54) is 0 Å². The van der Waals surface area contributed by atoms with Crippen molar-refractivity contribution < 1.29 is 0 Å². The Bertz CT molecular complexity index is 273. The molecule has 11 heavy (non-hydrogen) atoms. The summed E-state index contributed by atoms with van der Waals surface area (Å²) in [6, 6.07) is 3.39. The first-order valence-electron chi connectivity index (χ1n) is 2.84. The molecule has 0 aromatic heterocycles. The van der Waals surface area contributed by atoms with Crippen molar-refractivity contribution in [3.05, 3.63) is 32.8 Å². The maximum absolute atomic E-state index is 5.83. The van der Waals surface area contributed by atoms with Crippen LogP contribution in [-0.4, -0.2) is 0 Å². The number of halogens is 4. The molecule has 0 spiro atoms. The molecule has 0 saturated carbocycles. The van der Waals surface area contributed by atoms with Crippen molar-refractivity contribution >= 4 is 50.7 Å². The third kappa shape index (κ3) is 2.25. The molecular weight excluding hydrogens is 270 g/mol. The van der Waals surface area contributed by atoms with E-state index in [1.54, 1.807) is 12.1 Å². The summed E-state index contributed by atoms with van der Waals surface area (Å²) >= 11 is 20.6. The molecule has 0 radical (unpaired) electrons. The molecule has 0 N–H and O–H groups in total. The standard InChI is InChI=1S/C7H4BrCl3/c8-3-4-1-6(10)7(11)2-5(4)9/h1-2H,3H2. The van der Waals surface area contributed by atoms with Gasteiger partial charge in [0.2, 0.25) is 0 Å². The van der Waals surface area contributed by atoms with E-state index in [1.807, 2.05) is 0 Å². The van der Waals surface area contributed by atoms with Crippen molar-refractivity contribution in [2.24, 2.45) is 0 Å². The molecule has 1 aromatic rings. The second-order valence-corrected chi connectivity index (χ2v) is 3.77. The molecule has 0 aliphatic heterocycles. The van der Waals surface area contributed by atoms with Gasteiger partial charge in [-0.05, 0) is 17.7 Å². The summed E-state index contributed by atoms with van der Waals surface area (Å²) < 4.78 is 0. The summed E-state index contributed by atoms with van der Waals surface area (Å²) in [6.45, 7) is 0. The Balaban J connectivity index is 3.21. The molecule has 0 nitrogen and oxygen atoms in total. The Morgan fingerprint density at radius 2 is 1.55 bits per heavy atom. The normalized spacial score (nSPS) is 10.2. The second-order valence-electron chi connectivity index (χ2n) is 1.99. The molecular formula is C7H4BrCl3. The van der Waals surface area contributed by atoms with Crippen molar-refractivity contribution in [1.29, 1.82) is 0 Å². The van der Waals surface area contributed by atoms with Crippen LogP contribution in [0.2, 0.25) is 15.1 Å². The van der Waals surface area contributed by atoms with E-state index in [-0.39, 0.29) is 0 Å². The van der Waals surface area contributed by atoms with E-state index in [0.29, 0.717) is 20.4 Å². The van der Waals surface area contributed by atoms with E-state index in [4.69, 9.17) is 34.8 Å². The van der Waals surface area contributed by atoms with Crippen LogP contribution in [0.25, 0.3) is 0 Å². The summed E-state index contributed by atoms with van der Waals surface area (Å²) in [7, 11) is 0. The fourth-order valence-corrected chi connectivity index (χ4v) is 1.93. The third-order valence-corrected chi connectivity index (χ3v) is 2.91. The van der Waals surface area contributed by atoms with Crippen LogP contribution in [0.15, 0.2) is 12.1 Å². The van der Waals surface area contributed by atoms with Gasteiger partial charge in [-0.25, -0.2) is 0 Å². The van der Waals surface area contributed by atoms with Gasteiger partial charge >= 0.3 is 0 Å². The Morgan fingerprint density at radius 3 is 2.09 bits per heavy atom. The quantitative estimate of drug-likeness (QED) is 0.521. The lowest BCUT2D eigenvalue weighted by molar-refractivity contribution is 1.44. The van der Waals surface area contributed by atoms with Crippen LogP contribution in [0.4, 0.5) is 0 Å². The lowest BCUT2D eigenvalue weighted by Crippen LogP contribution is -1.80. The molecule has 0 heterocycles. The van der Waals surface area contributed by atoms with E-state index in [0.717, 1.165) is 5.56 Å². The highest BCUT2D eigenvalue weighted by Gasteiger charge is 2.03. The van der Waals surface area contributed by atoms with Crippen LogP contribution in [0, 0.1) is 0 Å². The molecule has 60 valence electrons. The van der Waals surface area contributed by atoms with Gasteiger partial charge in [-0.15, -0.1) is 0 Å². The molecule has 0 aliphatic rings. The zero-order valence-electron chi connectivity index (χ0n) is 5.37. The monoisotopic (exact) mass is 272 g/mol. The van der Waals surface area contributed by atoms with Gasteiger partial charge in [-0.2, -0.15) is 0 Å². The molecule has 0 unspecified atom stereocenters. The predicted molar refractivity (Wildman–Crippen MR) is 54.1 cm³/mol. The Kier molecular flexibility index (Phi) is 3.51. The van der Waals surface area contributed by atoms with Crippen LogP contribution in [0.1, 0.15) is 5.56 Å². The topological polar surface area (TPSA) is 0 Å². The molecule has 0 amide bonds. The first-order valence-corrected chi connectivity index (χ1v) is 5.10. The molecule has 0 atom stereocenters. The van der Waals surface area contributed by atoms with Crippen LogP contribution in [0.3, 0.4) is 0 Å². The minimum Gasteiger partial charge on any atom is -0.0876 e. The highest BCUT2D eigenvalue weighted by atomic mass is 79.9. The fourth-order valence-electron chi connectivity index (χ4n) is 0.666. The molecule has 0 bridgehead atoms. The largest absolute Gasteiger partial charge is 0.0876 e. The van der Waals surface area contributed by atoms with Gasteiger partial charge in [-0.1, -0.05) is 50.7 Å². The summed E-state index contributed by atoms with van der Waals surface area (Å²) in [4.78, 5) is 0. The molecule has 1 rings (SSSR count). The lowest BCUT2D eigenvalue weighted by atomic mass is 10.2. The maximum Gasteiger partial charge on any atom is 0.0607 e. The number of rotatable bonds is 1. The van der Waals surface area contributed by atoms with Gasteiger partial charge in [0.1, 0.15) is 0 Å². The minimum absolute atomic E-state index is 0.487. The van der Waals surface area contributed by atoms with Crippen molar-refractivity contribution in [1.82, 2.24) is 0 Å². The van der Waals surface area contributed by atoms with Gasteiger partial charge in [0.25, 0.3) is 0 Å². The first-order chi connectivity index (χ1) is 5.15. The van der Waals surface area contributed by atoms with Crippen LogP contribution < -0.4 is 0 Å². The zero-order chi connectivity index (χ0) is 8.43. The van der Waals surface area contributed by atoms with E-state index in [2.05, 4.69) is 15.9 Å². The Labute approximate surface area is 88.6 Å². The van der Waals surface area contributed by atoms with Gasteiger partial charge < -0.3 is 0 Å². The van der Waals surface area contributed by atoms with Crippen LogP contribution >= 0.6 is 50.7 Å². The van der Waals surface area contributed by atoms with Crippen LogP contribution in [-0.2, 0) is 5.33 Å². The minimum atomic E-state index is 0.487. The lowest BCUT2D eigenvalue weighted by Gasteiger charge is -2.01. The molecule has 1 aromatic carbocycles. The maximum atomic E-state index is 5.83. The van der Waals surface area contributed by atoms with Crippen molar-refractivity contribution in [2.45, 2.75) is 5.33 Å². The predicted octanol–water partition coefficient (Wildman–Crippen LogP) is 4.54. The summed E-state index contributed by atoms with van der Waals surface area (Å²) in [6.07, 6.45) is 0. The van der Waals surface area contributed by atoms with E-state index < -0.39 is 0 Å². The Morgan fingerprint density at radius 1 is 1.00 bits per heavy atom. The Hall–Kier alpha value is 0.570. The van der Waals surface area contributed by atoms with E-state index >= 15 is 0 Å². The van der Waals surface area contributed by atoms with Crippen molar-refractivity contribution in [3.8, 4) is 0 Å². The smallest absolute Gasteiger partial charge is 0.0607 e. The van der Waals surface area contributed by atoms with Gasteiger partial charge in [0.05, 0.1) is 10.0 Å². The fraction of sp³-hybridized carbons (Fsp3) is 0.143. The average Bonchev–Trinajstić information content (AvgIpc) is 1.97. The molecule has 0 fully saturated rings. The molecule has 0 aliphatic carbocycles. The van der Waals surface area contributed by atoms with Crippen LogP contribution in [0.5, 0.6) is 0 Å². The summed E-state index contributed by atoms with van der Waals surface area (Å²) in [5, 5.41) is 2.34. The molecule has 0 saturated heterocycles. The van der Waals surface area contributed by atoms with Gasteiger partial charge in [0.15, 0.2) is 0 Å². The highest BCUT2D eigenvalue weighted by Crippen LogP contribution is 2.29. The highest BCUT2D eigenvalue weighted by molar-refractivity contribution is 9.08.